The Kier molecular flexibility index (Phi) is 43.0. The van der Waals surface area contributed by atoms with Crippen LogP contribution in [0.15, 0.2) is 24.3 Å². The fourth-order valence-corrected chi connectivity index (χ4v) is 10.2. The topological polar surface area (TPSA) is 228 Å². The van der Waals surface area contributed by atoms with Gasteiger partial charge in [0.25, 0.3) is 0 Å². The molecule has 14 heteroatoms. The van der Waals surface area contributed by atoms with E-state index in [1.165, 1.54) is 193 Å². The first-order valence-electron chi connectivity index (χ1n) is 30.6. The van der Waals surface area contributed by atoms with Crippen LogP contribution in [0.4, 0.5) is 0 Å². The third-order valence-corrected chi connectivity index (χ3v) is 15.1. The van der Waals surface area contributed by atoms with Crippen molar-refractivity contribution in [3.05, 3.63) is 24.3 Å². The van der Waals surface area contributed by atoms with Crippen LogP contribution in [-0.4, -0.2) is 140 Å². The first kappa shape index (κ1) is 68.6. The lowest BCUT2D eigenvalue weighted by Gasteiger charge is -2.46. The van der Waals surface area contributed by atoms with Gasteiger partial charge >= 0.3 is 0 Å². The highest BCUT2D eigenvalue weighted by Gasteiger charge is 2.51. The van der Waals surface area contributed by atoms with Gasteiger partial charge in [0.15, 0.2) is 12.6 Å². The second kappa shape index (κ2) is 46.4. The van der Waals surface area contributed by atoms with Gasteiger partial charge in [-0.3, -0.25) is 4.79 Å². The SMILES string of the molecule is CCCCCCC/C=C/CC/C=C/C(O)C(COC1OC(CO)C(OC2OC(CO)C(O)C(O)C2O)C(O)C1O)NC(=O)CCCCCCCCCCCCCCCCCCCCCCCCCCCCCCC. The van der Waals surface area contributed by atoms with E-state index in [-0.39, 0.29) is 18.9 Å². The molecule has 2 saturated heterocycles. The first-order valence-corrected chi connectivity index (χ1v) is 30.6. The van der Waals surface area contributed by atoms with Crippen LogP contribution in [0.2, 0.25) is 0 Å². The number of rotatable bonds is 49. The largest absolute Gasteiger partial charge is 0.394 e. The lowest BCUT2D eigenvalue weighted by atomic mass is 9.97. The maximum atomic E-state index is 13.2. The Morgan fingerprint density at radius 1 is 0.473 bits per heavy atom. The second-order valence-electron chi connectivity index (χ2n) is 21.8. The average Bonchev–Trinajstić information content (AvgIpc) is 3.40. The lowest BCUT2D eigenvalue weighted by molar-refractivity contribution is -0.359. The zero-order valence-electron chi connectivity index (χ0n) is 46.8. The van der Waals surface area contributed by atoms with E-state index in [1.54, 1.807) is 6.08 Å². The zero-order chi connectivity index (χ0) is 53.9. The smallest absolute Gasteiger partial charge is 0.220 e. The summed E-state index contributed by atoms with van der Waals surface area (Å²) >= 11 is 0. The van der Waals surface area contributed by atoms with Crippen LogP contribution in [0.3, 0.4) is 0 Å². The van der Waals surface area contributed by atoms with Gasteiger partial charge in [-0.15, -0.1) is 0 Å². The predicted octanol–water partition coefficient (Wildman–Crippen LogP) is 10.4. The van der Waals surface area contributed by atoms with E-state index in [0.717, 1.165) is 32.1 Å². The number of aliphatic hydroxyl groups excluding tert-OH is 8. The highest BCUT2D eigenvalue weighted by atomic mass is 16.7. The van der Waals surface area contributed by atoms with Crippen molar-refractivity contribution in [3.63, 3.8) is 0 Å². The number of carbonyl (C=O) groups excluding carboxylic acids is 1. The number of amides is 1. The highest BCUT2D eigenvalue weighted by Crippen LogP contribution is 2.30. The van der Waals surface area contributed by atoms with Crippen molar-refractivity contribution < 1.29 is 64.6 Å². The molecule has 12 unspecified atom stereocenters. The number of carbonyl (C=O) groups is 1. The summed E-state index contributed by atoms with van der Waals surface area (Å²) in [5.74, 6) is -0.246. The molecule has 0 aromatic heterocycles. The van der Waals surface area contributed by atoms with Crippen LogP contribution in [-0.2, 0) is 23.7 Å². The summed E-state index contributed by atoms with van der Waals surface area (Å²) in [7, 11) is 0. The van der Waals surface area contributed by atoms with Crippen LogP contribution >= 0.6 is 0 Å². The van der Waals surface area contributed by atoms with E-state index < -0.39 is 86.8 Å². The highest BCUT2D eigenvalue weighted by molar-refractivity contribution is 5.76. The van der Waals surface area contributed by atoms with Crippen molar-refractivity contribution in [2.75, 3.05) is 19.8 Å². The van der Waals surface area contributed by atoms with E-state index in [2.05, 4.69) is 31.3 Å². The molecule has 9 N–H and O–H groups in total. The Morgan fingerprint density at radius 3 is 1.32 bits per heavy atom. The van der Waals surface area contributed by atoms with E-state index in [0.29, 0.717) is 12.8 Å². The molecule has 2 heterocycles. The predicted molar refractivity (Wildman–Crippen MR) is 295 cm³/mol. The van der Waals surface area contributed by atoms with E-state index >= 15 is 0 Å². The molecule has 436 valence electrons. The summed E-state index contributed by atoms with van der Waals surface area (Å²) in [6, 6.07) is -0.926. The molecule has 0 aromatic rings. The molecule has 0 radical (unpaired) electrons. The number of aliphatic hydroxyl groups is 8. The Labute approximate surface area is 449 Å². The minimum atomic E-state index is -1.79. The van der Waals surface area contributed by atoms with Gasteiger partial charge in [-0.2, -0.15) is 0 Å². The van der Waals surface area contributed by atoms with Gasteiger partial charge in [0.05, 0.1) is 32.0 Å². The maximum Gasteiger partial charge on any atom is 0.220 e. The summed E-state index contributed by atoms with van der Waals surface area (Å²) in [6.45, 7) is 2.77. The van der Waals surface area contributed by atoms with Crippen molar-refractivity contribution >= 4 is 5.91 Å². The monoisotopic (exact) mass is 1060 g/mol. The molecule has 12 atom stereocenters. The minimum absolute atomic E-state index is 0.246. The summed E-state index contributed by atoms with van der Waals surface area (Å²) in [4.78, 5) is 13.2. The molecule has 2 fully saturated rings. The van der Waals surface area contributed by atoms with Crippen LogP contribution < -0.4 is 5.32 Å². The summed E-state index contributed by atoms with van der Waals surface area (Å²) in [5, 5.41) is 86.9. The van der Waals surface area contributed by atoms with Gasteiger partial charge in [0.2, 0.25) is 5.91 Å². The number of hydrogen-bond donors (Lipinski definition) is 9. The Balaban J connectivity index is 1.65. The van der Waals surface area contributed by atoms with Crippen molar-refractivity contribution in [1.29, 1.82) is 0 Å². The lowest BCUT2D eigenvalue weighted by Crippen LogP contribution is -2.65. The van der Waals surface area contributed by atoms with Gasteiger partial charge in [-0.25, -0.2) is 0 Å². The third kappa shape index (κ3) is 31.8. The van der Waals surface area contributed by atoms with E-state index in [4.69, 9.17) is 18.9 Å². The van der Waals surface area contributed by atoms with E-state index in [9.17, 15) is 45.6 Å². The van der Waals surface area contributed by atoms with Crippen molar-refractivity contribution in [1.82, 2.24) is 5.32 Å². The molecule has 0 bridgehead atoms. The molecule has 0 aliphatic carbocycles. The number of allylic oxidation sites excluding steroid dienone is 3. The quantitative estimate of drug-likeness (QED) is 0.0204. The normalized spacial score (nSPS) is 25.3. The van der Waals surface area contributed by atoms with Crippen LogP contribution in [0.1, 0.15) is 258 Å². The van der Waals surface area contributed by atoms with Crippen molar-refractivity contribution in [2.24, 2.45) is 0 Å². The summed E-state index contributed by atoms with van der Waals surface area (Å²) in [6.07, 6.45) is 38.3. The molecule has 14 nitrogen and oxygen atoms in total. The molecule has 0 saturated carbocycles. The second-order valence-corrected chi connectivity index (χ2v) is 21.8. The van der Waals surface area contributed by atoms with Crippen molar-refractivity contribution in [2.45, 2.75) is 331 Å². The van der Waals surface area contributed by atoms with Crippen LogP contribution in [0.5, 0.6) is 0 Å². The Hall–Kier alpha value is -1.53. The number of hydrogen-bond acceptors (Lipinski definition) is 13. The molecule has 0 spiro atoms. The molecule has 0 aromatic carbocycles. The number of ether oxygens (including phenoxy) is 4. The number of unbranched alkanes of at least 4 members (excludes halogenated alkanes) is 34. The third-order valence-electron chi connectivity index (χ3n) is 15.1. The Bertz CT molecular complexity index is 1340. The van der Waals surface area contributed by atoms with Crippen molar-refractivity contribution in [3.8, 4) is 0 Å². The zero-order valence-corrected chi connectivity index (χ0v) is 46.8. The summed E-state index contributed by atoms with van der Waals surface area (Å²) in [5.41, 5.74) is 0. The molecular weight excluding hydrogens is 943 g/mol. The first-order chi connectivity index (χ1) is 36.1. The average molecular weight is 1060 g/mol. The maximum absolute atomic E-state index is 13.2. The van der Waals surface area contributed by atoms with Gasteiger partial charge in [0.1, 0.15) is 48.8 Å². The van der Waals surface area contributed by atoms with Gasteiger partial charge in [0, 0.05) is 6.42 Å². The summed E-state index contributed by atoms with van der Waals surface area (Å²) < 4.78 is 22.7. The Morgan fingerprint density at radius 2 is 0.865 bits per heavy atom. The molecule has 2 aliphatic heterocycles. The standard InChI is InChI=1S/C60H113NO13/c1-3-5-7-9-11-13-15-16-17-18-19-20-21-22-23-24-25-26-27-28-29-30-31-32-34-36-38-40-42-44-52(65)61-48(49(64)43-41-39-37-35-33-14-12-10-8-6-4-2)47-71-59-57(70)55(68)58(51(46-63)73-59)74-60-56(69)54(67)53(66)50(45-62)72-60/h33,35,41,43,48-51,53-60,62-64,66-70H,3-32,34,36-40,42,44-47H2,1-2H3,(H,61,65)/b35-33+,43-41+. The molecular formula is C60H113NO13. The molecule has 74 heavy (non-hydrogen) atoms. The van der Waals surface area contributed by atoms with Crippen LogP contribution in [0, 0.1) is 0 Å². The molecule has 1 amide bonds. The molecule has 2 rings (SSSR count). The molecule has 2 aliphatic rings. The fraction of sp³-hybridized carbons (Fsp3) is 0.917. The fourth-order valence-electron chi connectivity index (χ4n) is 10.2. The van der Waals surface area contributed by atoms with Gasteiger partial charge < -0.3 is 65.1 Å². The van der Waals surface area contributed by atoms with Crippen LogP contribution in [0.25, 0.3) is 0 Å². The van der Waals surface area contributed by atoms with E-state index in [1.807, 2.05) is 6.08 Å². The van der Waals surface area contributed by atoms with Gasteiger partial charge in [-0.1, -0.05) is 244 Å². The number of nitrogens with one attached hydrogen (secondary N) is 1. The van der Waals surface area contributed by atoms with Gasteiger partial charge in [-0.05, 0) is 32.1 Å². The minimum Gasteiger partial charge on any atom is -0.394 e.